The third-order valence-electron chi connectivity index (χ3n) is 2.10. The number of rotatable bonds is 5. The maximum absolute atomic E-state index is 5.65. The summed E-state index contributed by atoms with van der Waals surface area (Å²) >= 11 is 0. The van der Waals surface area contributed by atoms with Crippen molar-refractivity contribution >= 4 is 0 Å². The first-order valence-corrected chi connectivity index (χ1v) is 5.19. The Bertz CT molecular complexity index is 325. The van der Waals surface area contributed by atoms with Crippen LogP contribution >= 0.6 is 0 Å². The van der Waals surface area contributed by atoms with Crippen molar-refractivity contribution in [3.05, 3.63) is 17.7 Å². The summed E-state index contributed by atoms with van der Waals surface area (Å²) < 4.78 is 16.1. The highest BCUT2D eigenvalue weighted by Crippen LogP contribution is 2.38. The summed E-state index contributed by atoms with van der Waals surface area (Å²) in [6.45, 7) is 4.28. The van der Waals surface area contributed by atoms with Crippen LogP contribution < -0.4 is 19.9 Å². The van der Waals surface area contributed by atoms with Gasteiger partial charge in [0.25, 0.3) is 0 Å². The minimum atomic E-state index is -0.0317. The molecule has 0 aromatic heterocycles. The summed E-state index contributed by atoms with van der Waals surface area (Å²) in [5, 5.41) is 0. The molecule has 1 rings (SSSR count). The van der Waals surface area contributed by atoms with E-state index in [1.54, 1.807) is 14.2 Å². The number of benzene rings is 1. The summed E-state index contributed by atoms with van der Waals surface area (Å²) in [4.78, 5) is 0. The fourth-order valence-corrected chi connectivity index (χ4v) is 1.37. The predicted octanol–water partition coefficient (Wildman–Crippen LogP) is 1.74. The molecule has 0 bridgehead atoms. The van der Waals surface area contributed by atoms with E-state index in [1.807, 2.05) is 26.0 Å². The van der Waals surface area contributed by atoms with Crippen LogP contribution in [0.15, 0.2) is 12.1 Å². The van der Waals surface area contributed by atoms with Gasteiger partial charge in [-0.25, -0.2) is 0 Å². The normalized spacial score (nSPS) is 12.1. The van der Waals surface area contributed by atoms with Crippen molar-refractivity contribution in [1.29, 1.82) is 0 Å². The lowest BCUT2D eigenvalue weighted by Crippen LogP contribution is -2.23. The summed E-state index contributed by atoms with van der Waals surface area (Å²) in [5.74, 6) is 1.93. The van der Waals surface area contributed by atoms with Gasteiger partial charge >= 0.3 is 0 Å². The second kappa shape index (κ2) is 5.61. The lowest BCUT2D eigenvalue weighted by atomic mass is 10.2. The molecule has 2 N–H and O–H groups in total. The Morgan fingerprint density at radius 1 is 1.19 bits per heavy atom. The molecule has 1 aromatic rings. The van der Waals surface area contributed by atoms with Gasteiger partial charge in [0, 0.05) is 6.04 Å². The highest BCUT2D eigenvalue weighted by molar-refractivity contribution is 5.53. The first kappa shape index (κ1) is 12.6. The minimum absolute atomic E-state index is 0.0317. The average Bonchev–Trinajstić information content (AvgIpc) is 2.25. The Balaban J connectivity index is 3.02. The third-order valence-corrected chi connectivity index (χ3v) is 2.10. The summed E-state index contributed by atoms with van der Waals surface area (Å²) in [6, 6.07) is 3.77. The fourth-order valence-electron chi connectivity index (χ4n) is 1.37. The van der Waals surface area contributed by atoms with Crippen LogP contribution in [-0.2, 0) is 0 Å². The standard InChI is InChI=1S/C12H19NO3/c1-8-5-10(14-3)12(11(6-8)15-4)16-7-9(2)13/h5-6,9H,7,13H2,1-4H3. The molecule has 0 heterocycles. The quantitative estimate of drug-likeness (QED) is 0.829. The average molecular weight is 225 g/mol. The number of ether oxygens (including phenoxy) is 3. The smallest absolute Gasteiger partial charge is 0.203 e. The van der Waals surface area contributed by atoms with Gasteiger partial charge in [-0.05, 0) is 31.5 Å². The van der Waals surface area contributed by atoms with E-state index in [1.165, 1.54) is 0 Å². The topological polar surface area (TPSA) is 53.7 Å². The molecule has 0 fully saturated rings. The SMILES string of the molecule is COc1cc(C)cc(OC)c1OCC(C)N. The molecule has 1 aromatic carbocycles. The van der Waals surface area contributed by atoms with E-state index in [2.05, 4.69) is 0 Å². The largest absolute Gasteiger partial charge is 0.493 e. The second-order valence-electron chi connectivity index (χ2n) is 3.79. The van der Waals surface area contributed by atoms with Gasteiger partial charge < -0.3 is 19.9 Å². The van der Waals surface area contributed by atoms with Crippen LogP contribution in [0.4, 0.5) is 0 Å². The van der Waals surface area contributed by atoms with Crippen LogP contribution in [0.5, 0.6) is 17.2 Å². The van der Waals surface area contributed by atoms with Crippen molar-refractivity contribution in [2.45, 2.75) is 19.9 Å². The van der Waals surface area contributed by atoms with Crippen LogP contribution in [0.3, 0.4) is 0 Å². The van der Waals surface area contributed by atoms with E-state index in [9.17, 15) is 0 Å². The van der Waals surface area contributed by atoms with Crippen molar-refractivity contribution in [2.75, 3.05) is 20.8 Å². The fraction of sp³-hybridized carbons (Fsp3) is 0.500. The molecule has 0 amide bonds. The number of methoxy groups -OCH3 is 2. The van der Waals surface area contributed by atoms with Crippen LogP contribution in [0.2, 0.25) is 0 Å². The summed E-state index contributed by atoms with van der Waals surface area (Å²) in [7, 11) is 3.21. The lowest BCUT2D eigenvalue weighted by molar-refractivity contribution is 0.261. The first-order chi connectivity index (χ1) is 7.58. The Kier molecular flexibility index (Phi) is 4.43. The number of nitrogens with two attached hydrogens (primary N) is 1. The van der Waals surface area contributed by atoms with E-state index in [-0.39, 0.29) is 6.04 Å². The van der Waals surface area contributed by atoms with E-state index >= 15 is 0 Å². The van der Waals surface area contributed by atoms with E-state index in [0.717, 1.165) is 5.56 Å². The number of hydrogen-bond acceptors (Lipinski definition) is 4. The van der Waals surface area contributed by atoms with E-state index < -0.39 is 0 Å². The molecular formula is C12H19NO3. The Labute approximate surface area is 96.3 Å². The number of hydrogen-bond donors (Lipinski definition) is 1. The molecule has 0 spiro atoms. The lowest BCUT2D eigenvalue weighted by Gasteiger charge is -2.16. The van der Waals surface area contributed by atoms with Crippen LogP contribution in [-0.4, -0.2) is 26.9 Å². The molecule has 0 radical (unpaired) electrons. The molecule has 16 heavy (non-hydrogen) atoms. The van der Waals surface area contributed by atoms with Crippen LogP contribution in [0, 0.1) is 6.92 Å². The Hall–Kier alpha value is -1.42. The van der Waals surface area contributed by atoms with Gasteiger partial charge in [0.2, 0.25) is 5.75 Å². The third kappa shape index (κ3) is 3.03. The first-order valence-electron chi connectivity index (χ1n) is 5.19. The van der Waals surface area contributed by atoms with Crippen molar-refractivity contribution in [3.63, 3.8) is 0 Å². The number of aryl methyl sites for hydroxylation is 1. The van der Waals surface area contributed by atoms with E-state index in [0.29, 0.717) is 23.9 Å². The van der Waals surface area contributed by atoms with Gasteiger partial charge in [0.1, 0.15) is 6.61 Å². The van der Waals surface area contributed by atoms with Crippen LogP contribution in [0.1, 0.15) is 12.5 Å². The van der Waals surface area contributed by atoms with E-state index in [4.69, 9.17) is 19.9 Å². The molecule has 0 saturated carbocycles. The molecule has 1 unspecified atom stereocenters. The molecule has 4 nitrogen and oxygen atoms in total. The summed E-state index contributed by atoms with van der Waals surface area (Å²) in [5.41, 5.74) is 6.70. The Morgan fingerprint density at radius 3 is 2.06 bits per heavy atom. The van der Waals surface area contributed by atoms with Gasteiger partial charge in [0.05, 0.1) is 14.2 Å². The molecule has 4 heteroatoms. The highest BCUT2D eigenvalue weighted by atomic mass is 16.5. The molecule has 90 valence electrons. The van der Waals surface area contributed by atoms with Crippen molar-refractivity contribution < 1.29 is 14.2 Å². The monoisotopic (exact) mass is 225 g/mol. The van der Waals surface area contributed by atoms with Gasteiger partial charge in [0.15, 0.2) is 11.5 Å². The molecule has 0 aliphatic carbocycles. The zero-order valence-corrected chi connectivity index (χ0v) is 10.2. The van der Waals surface area contributed by atoms with Crippen molar-refractivity contribution in [3.8, 4) is 17.2 Å². The molecule has 0 aliphatic heterocycles. The minimum Gasteiger partial charge on any atom is -0.493 e. The van der Waals surface area contributed by atoms with Gasteiger partial charge in [-0.2, -0.15) is 0 Å². The molecule has 1 atom stereocenters. The highest BCUT2D eigenvalue weighted by Gasteiger charge is 2.13. The Morgan fingerprint density at radius 2 is 1.69 bits per heavy atom. The molecule has 0 saturated heterocycles. The maximum atomic E-state index is 5.65. The summed E-state index contributed by atoms with van der Waals surface area (Å²) in [6.07, 6.45) is 0. The van der Waals surface area contributed by atoms with Gasteiger partial charge in [-0.3, -0.25) is 0 Å². The maximum Gasteiger partial charge on any atom is 0.203 e. The van der Waals surface area contributed by atoms with Crippen molar-refractivity contribution in [1.82, 2.24) is 0 Å². The molecule has 0 aliphatic rings. The van der Waals surface area contributed by atoms with Crippen molar-refractivity contribution in [2.24, 2.45) is 5.73 Å². The van der Waals surface area contributed by atoms with Crippen LogP contribution in [0.25, 0.3) is 0 Å². The molecular weight excluding hydrogens is 206 g/mol. The van der Waals surface area contributed by atoms with Gasteiger partial charge in [-0.15, -0.1) is 0 Å². The second-order valence-corrected chi connectivity index (χ2v) is 3.79. The zero-order valence-electron chi connectivity index (χ0n) is 10.2. The predicted molar refractivity (Wildman–Crippen MR) is 63.4 cm³/mol. The van der Waals surface area contributed by atoms with Gasteiger partial charge in [-0.1, -0.05) is 0 Å². The zero-order chi connectivity index (χ0) is 12.1.